The van der Waals surface area contributed by atoms with Crippen molar-refractivity contribution in [2.45, 2.75) is 52.3 Å². The highest BCUT2D eigenvalue weighted by Gasteiger charge is 2.20. The summed E-state index contributed by atoms with van der Waals surface area (Å²) >= 11 is 0. The summed E-state index contributed by atoms with van der Waals surface area (Å²) in [6.07, 6.45) is 0.641. The predicted molar refractivity (Wildman–Crippen MR) is 81.4 cm³/mol. The second-order valence-corrected chi connectivity index (χ2v) is 5.62. The van der Waals surface area contributed by atoms with Gasteiger partial charge >= 0.3 is 0 Å². The maximum atomic E-state index is 10.1. The first kappa shape index (κ1) is 16.8. The van der Waals surface area contributed by atoms with Crippen molar-refractivity contribution in [1.82, 2.24) is 5.32 Å². The third kappa shape index (κ3) is 5.02. The molecule has 4 nitrogen and oxygen atoms in total. The molecule has 1 rings (SSSR count). The van der Waals surface area contributed by atoms with Gasteiger partial charge in [-0.1, -0.05) is 32.9 Å². The van der Waals surface area contributed by atoms with Gasteiger partial charge in [0.1, 0.15) is 6.61 Å². The fourth-order valence-electron chi connectivity index (χ4n) is 1.67. The third-order valence-electron chi connectivity index (χ3n) is 3.27. The van der Waals surface area contributed by atoms with Crippen LogP contribution in [0.4, 0.5) is 0 Å². The first-order valence-corrected chi connectivity index (χ1v) is 7.14. The quantitative estimate of drug-likeness (QED) is 0.769. The topological polar surface area (TPSA) is 50.7 Å². The second kappa shape index (κ2) is 7.50. The monoisotopic (exact) mass is 281 g/mol. The van der Waals surface area contributed by atoms with Gasteiger partial charge < -0.3 is 19.9 Å². The SMILES string of the molecule is CCC(C)(O)COc1c(CNC(C)C)cccc1OC. The van der Waals surface area contributed by atoms with E-state index in [2.05, 4.69) is 19.2 Å². The van der Waals surface area contributed by atoms with E-state index in [0.717, 1.165) is 5.56 Å². The minimum atomic E-state index is -0.830. The molecule has 0 amide bonds. The van der Waals surface area contributed by atoms with Crippen LogP contribution in [0.5, 0.6) is 11.5 Å². The molecular formula is C16H27NO3. The molecule has 0 fully saturated rings. The number of ether oxygens (including phenoxy) is 2. The maximum Gasteiger partial charge on any atom is 0.165 e. The van der Waals surface area contributed by atoms with Crippen molar-refractivity contribution in [1.29, 1.82) is 0 Å². The number of benzene rings is 1. The van der Waals surface area contributed by atoms with Gasteiger partial charge in [0, 0.05) is 18.2 Å². The lowest BCUT2D eigenvalue weighted by Gasteiger charge is -2.23. The molecule has 0 heterocycles. The predicted octanol–water partition coefficient (Wildman–Crippen LogP) is 2.73. The van der Waals surface area contributed by atoms with Crippen molar-refractivity contribution in [2.24, 2.45) is 0 Å². The summed E-state index contributed by atoms with van der Waals surface area (Å²) in [5, 5.41) is 13.4. The molecule has 0 bridgehead atoms. The van der Waals surface area contributed by atoms with Crippen molar-refractivity contribution >= 4 is 0 Å². The van der Waals surface area contributed by atoms with E-state index in [1.165, 1.54) is 0 Å². The van der Waals surface area contributed by atoms with Crippen LogP contribution in [0.2, 0.25) is 0 Å². The van der Waals surface area contributed by atoms with Gasteiger partial charge in [0.2, 0.25) is 0 Å². The standard InChI is InChI=1S/C16H27NO3/c1-6-16(4,18)11-20-15-13(10-17-12(2)3)8-7-9-14(15)19-5/h7-9,12,17-18H,6,10-11H2,1-5H3. The molecule has 1 aromatic rings. The Labute approximate surface area is 122 Å². The average molecular weight is 281 g/mol. The van der Waals surface area contributed by atoms with Gasteiger partial charge in [-0.25, -0.2) is 0 Å². The number of aliphatic hydroxyl groups is 1. The van der Waals surface area contributed by atoms with Crippen LogP contribution in [-0.2, 0) is 6.54 Å². The number of hydrogen-bond donors (Lipinski definition) is 2. The Balaban J connectivity index is 2.89. The molecule has 1 aromatic carbocycles. The molecule has 1 unspecified atom stereocenters. The van der Waals surface area contributed by atoms with Gasteiger partial charge in [-0.05, 0) is 19.4 Å². The van der Waals surface area contributed by atoms with Gasteiger partial charge in [0.05, 0.1) is 12.7 Å². The summed E-state index contributed by atoms with van der Waals surface area (Å²) < 4.78 is 11.2. The van der Waals surface area contributed by atoms with Crippen molar-refractivity contribution in [3.63, 3.8) is 0 Å². The van der Waals surface area contributed by atoms with Crippen LogP contribution < -0.4 is 14.8 Å². The summed E-state index contributed by atoms with van der Waals surface area (Å²) in [4.78, 5) is 0. The smallest absolute Gasteiger partial charge is 0.165 e. The second-order valence-electron chi connectivity index (χ2n) is 5.62. The van der Waals surface area contributed by atoms with Gasteiger partial charge in [0.15, 0.2) is 11.5 Å². The van der Waals surface area contributed by atoms with Crippen molar-refractivity contribution in [2.75, 3.05) is 13.7 Å². The first-order chi connectivity index (χ1) is 9.39. The normalized spacial score (nSPS) is 14.2. The number of para-hydroxylation sites is 1. The highest BCUT2D eigenvalue weighted by atomic mass is 16.5. The lowest BCUT2D eigenvalue weighted by Crippen LogP contribution is -2.31. The molecule has 2 N–H and O–H groups in total. The van der Waals surface area contributed by atoms with Crippen LogP contribution in [-0.4, -0.2) is 30.5 Å². The number of methoxy groups -OCH3 is 1. The molecule has 0 spiro atoms. The van der Waals surface area contributed by atoms with E-state index in [1.54, 1.807) is 14.0 Å². The fraction of sp³-hybridized carbons (Fsp3) is 0.625. The van der Waals surface area contributed by atoms with E-state index in [1.807, 2.05) is 25.1 Å². The lowest BCUT2D eigenvalue weighted by atomic mass is 10.1. The van der Waals surface area contributed by atoms with Crippen LogP contribution in [0.3, 0.4) is 0 Å². The maximum absolute atomic E-state index is 10.1. The van der Waals surface area contributed by atoms with E-state index in [0.29, 0.717) is 30.5 Å². The minimum Gasteiger partial charge on any atom is -0.493 e. The van der Waals surface area contributed by atoms with E-state index >= 15 is 0 Å². The summed E-state index contributed by atoms with van der Waals surface area (Å²) in [6.45, 7) is 8.86. The highest BCUT2D eigenvalue weighted by Crippen LogP contribution is 2.32. The number of nitrogens with one attached hydrogen (secondary N) is 1. The molecule has 1 atom stereocenters. The number of rotatable bonds is 8. The van der Waals surface area contributed by atoms with Gasteiger partial charge in [-0.3, -0.25) is 0 Å². The van der Waals surface area contributed by atoms with Crippen molar-refractivity contribution in [3.05, 3.63) is 23.8 Å². The van der Waals surface area contributed by atoms with Crippen LogP contribution in [0.1, 0.15) is 39.7 Å². The Kier molecular flexibility index (Phi) is 6.30. The molecule has 0 saturated carbocycles. The summed E-state index contributed by atoms with van der Waals surface area (Å²) in [5.74, 6) is 1.40. The molecule has 114 valence electrons. The van der Waals surface area contributed by atoms with Crippen LogP contribution in [0.15, 0.2) is 18.2 Å². The molecular weight excluding hydrogens is 254 g/mol. The van der Waals surface area contributed by atoms with Crippen molar-refractivity contribution < 1.29 is 14.6 Å². The van der Waals surface area contributed by atoms with Gasteiger partial charge in [-0.15, -0.1) is 0 Å². The fourth-order valence-corrected chi connectivity index (χ4v) is 1.67. The zero-order valence-electron chi connectivity index (χ0n) is 13.2. The average Bonchev–Trinajstić information content (AvgIpc) is 2.42. The molecule has 0 aliphatic heterocycles. The zero-order chi connectivity index (χ0) is 15.2. The Morgan fingerprint density at radius 2 is 2.05 bits per heavy atom. The first-order valence-electron chi connectivity index (χ1n) is 7.14. The molecule has 0 aromatic heterocycles. The highest BCUT2D eigenvalue weighted by molar-refractivity contribution is 5.46. The van der Waals surface area contributed by atoms with Crippen LogP contribution in [0.25, 0.3) is 0 Å². The van der Waals surface area contributed by atoms with E-state index < -0.39 is 5.60 Å². The summed E-state index contributed by atoms with van der Waals surface area (Å²) in [6, 6.07) is 6.22. The van der Waals surface area contributed by atoms with Gasteiger partial charge in [-0.2, -0.15) is 0 Å². The van der Waals surface area contributed by atoms with Crippen molar-refractivity contribution in [3.8, 4) is 11.5 Å². The molecule has 20 heavy (non-hydrogen) atoms. The van der Waals surface area contributed by atoms with E-state index in [-0.39, 0.29) is 6.61 Å². The van der Waals surface area contributed by atoms with Crippen LogP contribution in [0, 0.1) is 0 Å². The van der Waals surface area contributed by atoms with E-state index in [4.69, 9.17) is 9.47 Å². The molecule has 0 aliphatic rings. The Hall–Kier alpha value is -1.26. The van der Waals surface area contributed by atoms with E-state index in [9.17, 15) is 5.11 Å². The molecule has 0 aliphatic carbocycles. The summed E-state index contributed by atoms with van der Waals surface area (Å²) in [7, 11) is 1.62. The number of hydrogen-bond acceptors (Lipinski definition) is 4. The minimum absolute atomic E-state index is 0.249. The third-order valence-corrected chi connectivity index (χ3v) is 3.27. The lowest BCUT2D eigenvalue weighted by molar-refractivity contribution is 0.00742. The van der Waals surface area contributed by atoms with Crippen LogP contribution >= 0.6 is 0 Å². The Bertz CT molecular complexity index is 416. The molecule has 0 saturated heterocycles. The summed E-state index contributed by atoms with van der Waals surface area (Å²) in [5.41, 5.74) is 0.203. The van der Waals surface area contributed by atoms with Gasteiger partial charge in [0.25, 0.3) is 0 Å². The molecule has 0 radical (unpaired) electrons. The Morgan fingerprint density at radius 3 is 2.60 bits per heavy atom. The molecule has 4 heteroatoms. The largest absolute Gasteiger partial charge is 0.493 e. The zero-order valence-corrected chi connectivity index (χ0v) is 13.2. The Morgan fingerprint density at radius 1 is 1.35 bits per heavy atom.